The maximum absolute atomic E-state index is 12.5. The van der Waals surface area contributed by atoms with Crippen molar-refractivity contribution in [2.75, 3.05) is 6.61 Å². The number of hydrogen-bond donors (Lipinski definition) is 0. The summed E-state index contributed by atoms with van der Waals surface area (Å²) >= 11 is 0. The second-order valence-electron chi connectivity index (χ2n) is 4.51. The highest BCUT2D eigenvalue weighted by atomic mass is 16.5. The molecule has 1 aliphatic rings. The molecule has 98 valence electrons. The second-order valence-corrected chi connectivity index (χ2v) is 4.51. The van der Waals surface area contributed by atoms with Crippen molar-refractivity contribution in [3.8, 4) is 0 Å². The number of hydrogen-bond acceptors (Lipinski definition) is 3. The minimum Gasteiger partial charge on any atom is -0.485 e. The SMILES string of the molecule is C=CCOC1=CC(=O)c2ccc3ccccc3c2C1=O. The standard InChI is InChI=1S/C17H12O3/c1-2-9-20-15-10-14(18)13-8-7-11-5-3-4-6-12(11)16(13)17(15)19/h2-8,10H,1,9H2. The lowest BCUT2D eigenvalue weighted by Crippen LogP contribution is -2.19. The van der Waals surface area contributed by atoms with Crippen LogP contribution in [0, 0.1) is 0 Å². The molecule has 2 aromatic carbocycles. The molecule has 0 aliphatic heterocycles. The average molecular weight is 264 g/mol. The van der Waals surface area contributed by atoms with Crippen LogP contribution in [0.4, 0.5) is 0 Å². The van der Waals surface area contributed by atoms with Gasteiger partial charge in [0.2, 0.25) is 5.78 Å². The van der Waals surface area contributed by atoms with Gasteiger partial charge in [0.15, 0.2) is 11.5 Å². The van der Waals surface area contributed by atoms with E-state index in [4.69, 9.17) is 4.74 Å². The number of benzene rings is 2. The maximum Gasteiger partial charge on any atom is 0.229 e. The molecular formula is C17H12O3. The Morgan fingerprint density at radius 2 is 1.90 bits per heavy atom. The highest BCUT2D eigenvalue weighted by Gasteiger charge is 2.28. The molecule has 0 saturated carbocycles. The molecule has 2 aromatic rings. The summed E-state index contributed by atoms with van der Waals surface area (Å²) in [7, 11) is 0. The van der Waals surface area contributed by atoms with Crippen LogP contribution in [0.1, 0.15) is 20.7 Å². The van der Waals surface area contributed by atoms with Crippen LogP contribution in [-0.2, 0) is 4.74 Å². The van der Waals surface area contributed by atoms with Crippen LogP contribution >= 0.6 is 0 Å². The van der Waals surface area contributed by atoms with Crippen LogP contribution in [-0.4, -0.2) is 18.2 Å². The lowest BCUT2D eigenvalue weighted by atomic mass is 9.89. The Hall–Kier alpha value is -2.68. The van der Waals surface area contributed by atoms with E-state index in [1.54, 1.807) is 6.07 Å². The van der Waals surface area contributed by atoms with Gasteiger partial charge in [-0.2, -0.15) is 0 Å². The molecule has 0 aromatic heterocycles. The summed E-state index contributed by atoms with van der Waals surface area (Å²) in [6.45, 7) is 3.73. The van der Waals surface area contributed by atoms with E-state index in [2.05, 4.69) is 6.58 Å². The first-order valence-corrected chi connectivity index (χ1v) is 6.28. The van der Waals surface area contributed by atoms with E-state index >= 15 is 0 Å². The van der Waals surface area contributed by atoms with Gasteiger partial charge < -0.3 is 4.74 Å². The number of carbonyl (C=O) groups excluding carboxylic acids is 2. The Bertz CT molecular complexity index is 769. The predicted octanol–water partition coefficient (Wildman–Crippen LogP) is 3.31. The number of Topliss-reactive ketones (excluding diaryl/α,β-unsaturated/α-hetero) is 1. The molecule has 0 heterocycles. The molecule has 0 amide bonds. The average Bonchev–Trinajstić information content (AvgIpc) is 2.48. The molecule has 3 heteroatoms. The summed E-state index contributed by atoms with van der Waals surface area (Å²) in [4.78, 5) is 24.6. The zero-order valence-corrected chi connectivity index (χ0v) is 10.8. The number of carbonyl (C=O) groups is 2. The number of ether oxygens (including phenoxy) is 1. The molecule has 0 bridgehead atoms. The fraction of sp³-hybridized carbons (Fsp3) is 0.0588. The number of ketones is 2. The van der Waals surface area contributed by atoms with Gasteiger partial charge in [0, 0.05) is 17.2 Å². The van der Waals surface area contributed by atoms with E-state index in [1.165, 1.54) is 12.2 Å². The van der Waals surface area contributed by atoms with E-state index in [1.807, 2.05) is 30.3 Å². The van der Waals surface area contributed by atoms with Gasteiger partial charge in [-0.25, -0.2) is 0 Å². The molecule has 0 radical (unpaired) electrons. The van der Waals surface area contributed by atoms with Gasteiger partial charge in [0.1, 0.15) is 6.61 Å². The third kappa shape index (κ3) is 1.84. The monoisotopic (exact) mass is 264 g/mol. The lowest BCUT2D eigenvalue weighted by molar-refractivity contribution is 0.0902. The smallest absolute Gasteiger partial charge is 0.229 e. The van der Waals surface area contributed by atoms with Crippen molar-refractivity contribution in [2.45, 2.75) is 0 Å². The lowest BCUT2D eigenvalue weighted by Gasteiger charge is -2.17. The van der Waals surface area contributed by atoms with Gasteiger partial charge >= 0.3 is 0 Å². The summed E-state index contributed by atoms with van der Waals surface area (Å²) < 4.78 is 5.29. The van der Waals surface area contributed by atoms with Crippen LogP contribution in [0.15, 0.2) is 60.9 Å². The Kier molecular flexibility index (Phi) is 2.95. The maximum atomic E-state index is 12.5. The summed E-state index contributed by atoms with van der Waals surface area (Å²) in [6.07, 6.45) is 2.79. The van der Waals surface area contributed by atoms with Crippen molar-refractivity contribution in [3.63, 3.8) is 0 Å². The van der Waals surface area contributed by atoms with E-state index in [-0.39, 0.29) is 23.9 Å². The molecule has 3 nitrogen and oxygen atoms in total. The van der Waals surface area contributed by atoms with Gasteiger partial charge in [-0.15, -0.1) is 0 Å². The predicted molar refractivity (Wildman–Crippen MR) is 76.8 cm³/mol. The molecular weight excluding hydrogens is 252 g/mol. The molecule has 0 saturated heterocycles. The van der Waals surface area contributed by atoms with E-state index in [9.17, 15) is 9.59 Å². The van der Waals surface area contributed by atoms with Crippen LogP contribution in [0.3, 0.4) is 0 Å². The minimum atomic E-state index is -0.252. The molecule has 0 N–H and O–H groups in total. The van der Waals surface area contributed by atoms with Crippen molar-refractivity contribution in [1.82, 2.24) is 0 Å². The zero-order chi connectivity index (χ0) is 14.1. The Morgan fingerprint density at radius 3 is 2.70 bits per heavy atom. The highest BCUT2D eigenvalue weighted by Crippen LogP contribution is 2.29. The molecule has 0 atom stereocenters. The number of fused-ring (bicyclic) bond motifs is 3. The van der Waals surface area contributed by atoms with Crippen molar-refractivity contribution in [1.29, 1.82) is 0 Å². The third-order valence-electron chi connectivity index (χ3n) is 3.26. The minimum absolute atomic E-state index is 0.0822. The zero-order valence-electron chi connectivity index (χ0n) is 10.8. The molecule has 3 rings (SSSR count). The van der Waals surface area contributed by atoms with Crippen LogP contribution < -0.4 is 0 Å². The first kappa shape index (κ1) is 12.4. The van der Waals surface area contributed by atoms with Crippen LogP contribution in [0.25, 0.3) is 10.8 Å². The number of rotatable bonds is 3. The third-order valence-corrected chi connectivity index (χ3v) is 3.26. The van der Waals surface area contributed by atoms with Gasteiger partial charge in [-0.1, -0.05) is 43.0 Å². The summed E-state index contributed by atoms with van der Waals surface area (Å²) in [6, 6.07) is 11.0. The topological polar surface area (TPSA) is 43.4 Å². The van der Waals surface area contributed by atoms with Crippen molar-refractivity contribution >= 4 is 22.3 Å². The van der Waals surface area contributed by atoms with E-state index in [0.29, 0.717) is 11.1 Å². The van der Waals surface area contributed by atoms with Crippen LogP contribution in [0.5, 0.6) is 0 Å². The van der Waals surface area contributed by atoms with Gasteiger partial charge in [-0.3, -0.25) is 9.59 Å². The molecule has 1 aliphatic carbocycles. The van der Waals surface area contributed by atoms with Crippen molar-refractivity contribution in [2.24, 2.45) is 0 Å². The molecule has 0 fully saturated rings. The first-order valence-electron chi connectivity index (χ1n) is 6.28. The van der Waals surface area contributed by atoms with Gasteiger partial charge in [0.25, 0.3) is 0 Å². The second kappa shape index (κ2) is 4.78. The Morgan fingerprint density at radius 1 is 1.10 bits per heavy atom. The molecule has 20 heavy (non-hydrogen) atoms. The van der Waals surface area contributed by atoms with Crippen molar-refractivity contribution < 1.29 is 14.3 Å². The highest BCUT2D eigenvalue weighted by molar-refractivity contribution is 6.28. The van der Waals surface area contributed by atoms with Crippen molar-refractivity contribution in [3.05, 3.63) is 72.0 Å². The van der Waals surface area contributed by atoms with E-state index < -0.39 is 0 Å². The fourth-order valence-corrected chi connectivity index (χ4v) is 2.36. The van der Waals surface area contributed by atoms with Crippen LogP contribution in [0.2, 0.25) is 0 Å². The summed E-state index contributed by atoms with van der Waals surface area (Å²) in [5, 5.41) is 1.70. The normalized spacial score (nSPS) is 13.9. The van der Waals surface area contributed by atoms with E-state index in [0.717, 1.165) is 10.8 Å². The fourth-order valence-electron chi connectivity index (χ4n) is 2.36. The van der Waals surface area contributed by atoms with Gasteiger partial charge in [0.05, 0.1) is 0 Å². The Labute approximate surface area is 116 Å². The quantitative estimate of drug-likeness (QED) is 0.799. The Balaban J connectivity index is 2.20. The summed E-state index contributed by atoms with van der Waals surface area (Å²) in [5.41, 5.74) is 0.856. The number of allylic oxidation sites excluding steroid dienone is 2. The summed E-state index contributed by atoms with van der Waals surface area (Å²) in [5.74, 6) is -0.374. The largest absolute Gasteiger partial charge is 0.485 e. The first-order chi connectivity index (χ1) is 9.72. The molecule has 0 spiro atoms. The molecule has 0 unspecified atom stereocenters. The van der Waals surface area contributed by atoms with Gasteiger partial charge in [-0.05, 0) is 16.8 Å².